The zero-order chi connectivity index (χ0) is 20.9. The number of aromatic nitrogens is 1. The highest BCUT2D eigenvalue weighted by molar-refractivity contribution is 7.21. The highest BCUT2D eigenvalue weighted by Crippen LogP contribution is 2.30. The third kappa shape index (κ3) is 4.69. The van der Waals surface area contributed by atoms with Crippen LogP contribution in [0.25, 0.3) is 20.8 Å². The molecule has 1 aromatic heterocycles. The largest absolute Gasteiger partial charge is 0.484 e. The fourth-order valence-corrected chi connectivity index (χ4v) is 4.14. The van der Waals surface area contributed by atoms with E-state index in [9.17, 15) is 4.79 Å². The van der Waals surface area contributed by atoms with E-state index in [4.69, 9.17) is 4.74 Å². The molecule has 0 aliphatic carbocycles. The highest BCUT2D eigenvalue weighted by Gasteiger charge is 2.08. The molecule has 0 saturated heterocycles. The molecule has 1 heterocycles. The van der Waals surface area contributed by atoms with E-state index in [1.54, 1.807) is 11.3 Å². The number of anilines is 1. The van der Waals surface area contributed by atoms with Crippen LogP contribution in [0.15, 0.2) is 72.8 Å². The average Bonchev–Trinajstić information content (AvgIpc) is 3.22. The zero-order valence-corrected chi connectivity index (χ0v) is 17.9. The van der Waals surface area contributed by atoms with Gasteiger partial charge in [0.2, 0.25) is 0 Å². The van der Waals surface area contributed by atoms with Crippen LogP contribution < -0.4 is 10.1 Å². The van der Waals surface area contributed by atoms with Crippen LogP contribution >= 0.6 is 11.3 Å². The lowest BCUT2D eigenvalue weighted by Gasteiger charge is -2.11. The number of carbonyl (C=O) groups is 1. The van der Waals surface area contributed by atoms with Gasteiger partial charge in [-0.15, -0.1) is 11.3 Å². The van der Waals surface area contributed by atoms with Crippen LogP contribution in [0.2, 0.25) is 0 Å². The smallest absolute Gasteiger partial charge is 0.262 e. The van der Waals surface area contributed by atoms with Crippen molar-refractivity contribution in [3.8, 4) is 16.3 Å². The monoisotopic (exact) mass is 416 g/mol. The number of nitrogens with one attached hydrogen (secondary N) is 1. The number of thiazole rings is 1. The molecule has 0 aliphatic heterocycles. The molecule has 30 heavy (non-hydrogen) atoms. The van der Waals surface area contributed by atoms with Crippen LogP contribution in [0.4, 0.5) is 5.69 Å². The Kier molecular flexibility index (Phi) is 6.10. The Hall–Kier alpha value is -3.18. The molecular weight excluding hydrogens is 392 g/mol. The highest BCUT2D eigenvalue weighted by atomic mass is 32.1. The number of hydrogen-bond acceptors (Lipinski definition) is 4. The number of ether oxygens (including phenoxy) is 1. The number of nitrogens with zero attached hydrogens (tertiary/aromatic N) is 1. The van der Waals surface area contributed by atoms with E-state index in [0.717, 1.165) is 28.2 Å². The summed E-state index contributed by atoms with van der Waals surface area (Å²) in [6, 6.07) is 23.8. The normalized spacial score (nSPS) is 11.9. The molecule has 0 spiro atoms. The maximum absolute atomic E-state index is 12.2. The first-order chi connectivity index (χ1) is 14.6. The van der Waals surface area contributed by atoms with E-state index in [1.807, 2.05) is 54.6 Å². The predicted molar refractivity (Wildman–Crippen MR) is 124 cm³/mol. The second-order valence-corrected chi connectivity index (χ2v) is 8.31. The molecule has 4 nitrogen and oxygen atoms in total. The third-order valence-corrected chi connectivity index (χ3v) is 6.23. The molecule has 0 bridgehead atoms. The number of benzene rings is 3. The third-order valence-electron chi connectivity index (χ3n) is 5.14. The standard InChI is InChI=1S/C25H24N2O2S/c1-3-17(2)18-8-12-20(13-9-18)26-24(28)16-29-21-14-10-19(11-15-21)25-27-22-6-4-5-7-23(22)30-25/h4-15,17H,3,16H2,1-2H3,(H,26,28)/t17-/m1/s1. The molecule has 4 rings (SSSR count). The number of para-hydroxylation sites is 1. The Morgan fingerprint density at radius 1 is 1.03 bits per heavy atom. The minimum Gasteiger partial charge on any atom is -0.484 e. The Labute approximate surface area is 180 Å². The Bertz CT molecular complexity index is 1100. The van der Waals surface area contributed by atoms with E-state index in [-0.39, 0.29) is 12.5 Å². The zero-order valence-electron chi connectivity index (χ0n) is 17.1. The van der Waals surface area contributed by atoms with E-state index < -0.39 is 0 Å². The summed E-state index contributed by atoms with van der Waals surface area (Å²) < 4.78 is 6.81. The molecule has 4 aromatic rings. The van der Waals surface area contributed by atoms with Crippen LogP contribution in [-0.2, 0) is 4.79 Å². The molecule has 0 aliphatic rings. The van der Waals surface area contributed by atoms with Crippen molar-refractivity contribution in [3.63, 3.8) is 0 Å². The summed E-state index contributed by atoms with van der Waals surface area (Å²) in [5, 5.41) is 3.85. The van der Waals surface area contributed by atoms with Crippen LogP contribution in [0, 0.1) is 0 Å². The summed E-state index contributed by atoms with van der Waals surface area (Å²) in [5.74, 6) is 0.993. The predicted octanol–water partition coefficient (Wildman–Crippen LogP) is 6.49. The summed E-state index contributed by atoms with van der Waals surface area (Å²) in [6.45, 7) is 4.33. The van der Waals surface area contributed by atoms with E-state index in [2.05, 4.69) is 42.3 Å². The fraction of sp³-hybridized carbons (Fsp3) is 0.200. The number of hydrogen-bond donors (Lipinski definition) is 1. The second-order valence-electron chi connectivity index (χ2n) is 7.28. The van der Waals surface area contributed by atoms with Gasteiger partial charge in [0.25, 0.3) is 5.91 Å². The molecule has 1 amide bonds. The van der Waals surface area contributed by atoms with Gasteiger partial charge >= 0.3 is 0 Å². The van der Waals surface area contributed by atoms with E-state index in [1.165, 1.54) is 10.3 Å². The Morgan fingerprint density at radius 2 is 1.77 bits per heavy atom. The summed E-state index contributed by atoms with van der Waals surface area (Å²) in [4.78, 5) is 16.9. The van der Waals surface area contributed by atoms with Gasteiger partial charge in [-0.2, -0.15) is 0 Å². The van der Waals surface area contributed by atoms with Crippen LogP contribution in [-0.4, -0.2) is 17.5 Å². The SMILES string of the molecule is CC[C@@H](C)c1ccc(NC(=O)COc2ccc(-c3nc4ccccc4s3)cc2)cc1. The van der Waals surface area contributed by atoms with Crippen molar-refractivity contribution < 1.29 is 9.53 Å². The van der Waals surface area contributed by atoms with Crippen molar-refractivity contribution in [2.75, 3.05) is 11.9 Å². The Balaban J connectivity index is 1.33. The van der Waals surface area contributed by atoms with Gasteiger partial charge in [-0.1, -0.05) is 38.1 Å². The molecule has 5 heteroatoms. The molecule has 0 unspecified atom stereocenters. The number of rotatable bonds is 7. The van der Waals surface area contributed by atoms with Gasteiger partial charge in [-0.05, 0) is 66.4 Å². The second kappa shape index (κ2) is 9.09. The maximum atomic E-state index is 12.2. The first-order valence-corrected chi connectivity index (χ1v) is 10.9. The summed E-state index contributed by atoms with van der Waals surface area (Å²) >= 11 is 1.66. The number of amides is 1. The minimum absolute atomic E-state index is 0.0341. The van der Waals surface area contributed by atoms with Crippen LogP contribution in [0.1, 0.15) is 31.7 Å². The topological polar surface area (TPSA) is 51.2 Å². The van der Waals surface area contributed by atoms with Gasteiger partial charge in [0.05, 0.1) is 10.2 Å². The summed E-state index contributed by atoms with van der Waals surface area (Å²) in [7, 11) is 0. The van der Waals surface area contributed by atoms with E-state index in [0.29, 0.717) is 11.7 Å². The van der Waals surface area contributed by atoms with Crippen molar-refractivity contribution in [1.82, 2.24) is 4.98 Å². The fourth-order valence-electron chi connectivity index (χ4n) is 3.17. The van der Waals surface area contributed by atoms with Crippen molar-refractivity contribution in [2.24, 2.45) is 0 Å². The lowest BCUT2D eigenvalue weighted by atomic mass is 9.99. The van der Waals surface area contributed by atoms with Gasteiger partial charge < -0.3 is 10.1 Å². The minimum atomic E-state index is -0.179. The summed E-state index contributed by atoms with van der Waals surface area (Å²) in [6.07, 6.45) is 1.09. The average molecular weight is 417 g/mol. The first-order valence-electron chi connectivity index (χ1n) is 10.1. The summed E-state index contributed by atoms with van der Waals surface area (Å²) in [5.41, 5.74) is 4.10. The molecule has 1 N–H and O–H groups in total. The van der Waals surface area contributed by atoms with Crippen molar-refractivity contribution >= 4 is 33.1 Å². The Morgan fingerprint density at radius 3 is 2.47 bits per heavy atom. The van der Waals surface area contributed by atoms with Crippen molar-refractivity contribution in [1.29, 1.82) is 0 Å². The van der Waals surface area contributed by atoms with Crippen molar-refractivity contribution in [2.45, 2.75) is 26.2 Å². The lowest BCUT2D eigenvalue weighted by molar-refractivity contribution is -0.118. The van der Waals surface area contributed by atoms with Crippen molar-refractivity contribution in [3.05, 3.63) is 78.4 Å². The molecule has 0 radical (unpaired) electrons. The molecular formula is C25H24N2O2S. The van der Waals surface area contributed by atoms with Gasteiger partial charge in [0.1, 0.15) is 10.8 Å². The number of carbonyl (C=O) groups excluding carboxylic acids is 1. The van der Waals surface area contributed by atoms with Crippen LogP contribution in [0.3, 0.4) is 0 Å². The molecule has 1 atom stereocenters. The van der Waals surface area contributed by atoms with Gasteiger partial charge in [-0.3, -0.25) is 4.79 Å². The molecule has 3 aromatic carbocycles. The van der Waals surface area contributed by atoms with E-state index >= 15 is 0 Å². The maximum Gasteiger partial charge on any atom is 0.262 e. The van der Waals surface area contributed by atoms with Gasteiger partial charge in [0, 0.05) is 11.3 Å². The van der Waals surface area contributed by atoms with Gasteiger partial charge in [0.15, 0.2) is 6.61 Å². The molecule has 0 saturated carbocycles. The molecule has 0 fully saturated rings. The molecule has 152 valence electrons. The van der Waals surface area contributed by atoms with Crippen LogP contribution in [0.5, 0.6) is 5.75 Å². The lowest BCUT2D eigenvalue weighted by Crippen LogP contribution is -2.20. The van der Waals surface area contributed by atoms with Gasteiger partial charge in [-0.25, -0.2) is 4.98 Å². The number of fused-ring (bicyclic) bond motifs is 1. The quantitative estimate of drug-likeness (QED) is 0.374. The first kappa shape index (κ1) is 20.1.